The Morgan fingerprint density at radius 3 is 2.52 bits per heavy atom. The fraction of sp³-hybridized carbons (Fsp3) is 0.174. The molecule has 1 N–H and O–H groups in total. The van der Waals surface area contributed by atoms with Crippen molar-refractivity contribution >= 4 is 22.5 Å². The van der Waals surface area contributed by atoms with Gasteiger partial charge in [-0.3, -0.25) is 0 Å². The van der Waals surface area contributed by atoms with E-state index in [4.69, 9.17) is 4.52 Å². The van der Waals surface area contributed by atoms with Gasteiger partial charge >= 0.3 is 6.03 Å². The highest BCUT2D eigenvalue weighted by atomic mass is 16.5. The first-order valence-electron chi connectivity index (χ1n) is 9.55. The molecule has 0 aliphatic heterocycles. The van der Waals surface area contributed by atoms with E-state index in [9.17, 15) is 4.79 Å². The van der Waals surface area contributed by atoms with Crippen LogP contribution in [0.2, 0.25) is 0 Å². The van der Waals surface area contributed by atoms with Crippen LogP contribution in [0.3, 0.4) is 0 Å². The number of rotatable bonds is 5. The van der Waals surface area contributed by atoms with Crippen LogP contribution in [-0.4, -0.2) is 27.1 Å². The lowest BCUT2D eigenvalue weighted by Gasteiger charge is -2.25. The van der Waals surface area contributed by atoms with Gasteiger partial charge in [-0.1, -0.05) is 71.9 Å². The largest absolute Gasteiger partial charge is 0.337 e. The van der Waals surface area contributed by atoms with Crippen molar-refractivity contribution in [2.75, 3.05) is 5.32 Å². The number of amides is 2. The van der Waals surface area contributed by atoms with Crippen LogP contribution in [0.15, 0.2) is 77.3 Å². The molecule has 6 nitrogen and oxygen atoms in total. The van der Waals surface area contributed by atoms with Crippen LogP contribution in [-0.2, 0) is 6.54 Å². The van der Waals surface area contributed by atoms with Crippen LogP contribution in [0.1, 0.15) is 19.7 Å². The molecule has 0 fully saturated rings. The van der Waals surface area contributed by atoms with Gasteiger partial charge in [0.25, 0.3) is 0 Å². The maximum atomic E-state index is 13.0. The van der Waals surface area contributed by atoms with Gasteiger partial charge in [0.05, 0.1) is 5.69 Å². The Hall–Kier alpha value is -3.67. The first kappa shape index (κ1) is 18.7. The van der Waals surface area contributed by atoms with Crippen molar-refractivity contribution in [3.63, 3.8) is 0 Å². The number of urea groups is 1. The molecule has 0 unspecified atom stereocenters. The van der Waals surface area contributed by atoms with E-state index < -0.39 is 0 Å². The number of nitrogens with zero attached hydrogens (tertiary/aromatic N) is 3. The van der Waals surface area contributed by atoms with E-state index in [1.807, 2.05) is 86.6 Å². The van der Waals surface area contributed by atoms with E-state index in [2.05, 4.69) is 15.5 Å². The lowest BCUT2D eigenvalue weighted by atomic mass is 10.1. The standard InChI is InChI=1S/C23H22N4O2/c1-16(2)27(15-21-25-22(26-29-21)18-10-4-3-5-11-18)23(28)24-20-14-8-12-17-9-6-7-13-19(17)20/h3-14,16H,15H2,1-2H3,(H,24,28). The first-order chi connectivity index (χ1) is 14.1. The number of hydrogen-bond acceptors (Lipinski definition) is 4. The molecular formula is C23H22N4O2. The Kier molecular flexibility index (Phi) is 5.24. The molecule has 4 aromatic rings. The summed E-state index contributed by atoms with van der Waals surface area (Å²) < 4.78 is 5.39. The lowest BCUT2D eigenvalue weighted by Crippen LogP contribution is -2.39. The Bertz CT molecular complexity index is 1120. The maximum Gasteiger partial charge on any atom is 0.322 e. The van der Waals surface area contributed by atoms with Gasteiger partial charge in [0, 0.05) is 17.0 Å². The number of benzene rings is 3. The molecule has 3 aromatic carbocycles. The van der Waals surface area contributed by atoms with Crippen molar-refractivity contribution < 1.29 is 9.32 Å². The molecule has 0 bridgehead atoms. The van der Waals surface area contributed by atoms with Crippen LogP contribution in [0, 0.1) is 0 Å². The Balaban J connectivity index is 1.53. The molecule has 1 aromatic heterocycles. The molecule has 1 heterocycles. The molecule has 6 heteroatoms. The van der Waals surface area contributed by atoms with Crippen molar-refractivity contribution in [3.8, 4) is 11.4 Å². The van der Waals surface area contributed by atoms with Crippen LogP contribution in [0.4, 0.5) is 10.5 Å². The van der Waals surface area contributed by atoms with E-state index in [0.29, 0.717) is 11.7 Å². The van der Waals surface area contributed by atoms with Crippen LogP contribution in [0.5, 0.6) is 0 Å². The number of aromatic nitrogens is 2. The smallest absolute Gasteiger partial charge is 0.322 e. The molecule has 29 heavy (non-hydrogen) atoms. The van der Waals surface area contributed by atoms with Crippen LogP contribution in [0.25, 0.3) is 22.2 Å². The number of fused-ring (bicyclic) bond motifs is 1. The van der Waals surface area contributed by atoms with Gasteiger partial charge in [-0.15, -0.1) is 0 Å². The van der Waals surface area contributed by atoms with Gasteiger partial charge in [-0.2, -0.15) is 4.98 Å². The molecule has 0 saturated heterocycles. The topological polar surface area (TPSA) is 71.3 Å². The number of carbonyl (C=O) groups is 1. The van der Waals surface area contributed by atoms with Gasteiger partial charge < -0.3 is 14.7 Å². The third-order valence-electron chi connectivity index (χ3n) is 4.72. The molecule has 0 aliphatic carbocycles. The predicted octanol–water partition coefficient (Wildman–Crippen LogP) is 5.33. The highest BCUT2D eigenvalue weighted by Gasteiger charge is 2.21. The third kappa shape index (κ3) is 4.11. The SMILES string of the molecule is CC(C)N(Cc1nc(-c2ccccc2)no1)C(=O)Nc1cccc2ccccc12. The molecule has 2 amide bonds. The van der Waals surface area contributed by atoms with Gasteiger partial charge in [0.1, 0.15) is 6.54 Å². The number of hydrogen-bond donors (Lipinski definition) is 1. The molecule has 0 radical (unpaired) electrons. The summed E-state index contributed by atoms with van der Waals surface area (Å²) in [7, 11) is 0. The molecule has 0 atom stereocenters. The zero-order chi connectivity index (χ0) is 20.2. The first-order valence-corrected chi connectivity index (χ1v) is 9.55. The van der Waals surface area contributed by atoms with Crippen molar-refractivity contribution in [2.24, 2.45) is 0 Å². The van der Waals surface area contributed by atoms with Crippen molar-refractivity contribution in [2.45, 2.75) is 26.4 Å². The monoisotopic (exact) mass is 386 g/mol. The van der Waals surface area contributed by atoms with Gasteiger partial charge in [0.2, 0.25) is 11.7 Å². The number of carbonyl (C=O) groups excluding carboxylic acids is 1. The molecular weight excluding hydrogens is 364 g/mol. The lowest BCUT2D eigenvalue weighted by molar-refractivity contribution is 0.182. The summed E-state index contributed by atoms with van der Waals surface area (Å²) in [6.07, 6.45) is 0. The normalized spacial score (nSPS) is 11.0. The van der Waals surface area contributed by atoms with E-state index >= 15 is 0 Å². The van der Waals surface area contributed by atoms with E-state index in [1.165, 1.54) is 0 Å². The summed E-state index contributed by atoms with van der Waals surface area (Å²) in [4.78, 5) is 19.1. The van der Waals surface area contributed by atoms with E-state index in [-0.39, 0.29) is 18.6 Å². The second-order valence-electron chi connectivity index (χ2n) is 7.06. The summed E-state index contributed by atoms with van der Waals surface area (Å²) in [5.41, 5.74) is 1.65. The highest BCUT2D eigenvalue weighted by molar-refractivity contribution is 6.01. The van der Waals surface area contributed by atoms with Crippen molar-refractivity contribution in [3.05, 3.63) is 78.7 Å². The van der Waals surface area contributed by atoms with Crippen molar-refractivity contribution in [1.82, 2.24) is 15.0 Å². The minimum atomic E-state index is -0.212. The Morgan fingerprint density at radius 1 is 1.00 bits per heavy atom. The maximum absolute atomic E-state index is 13.0. The zero-order valence-electron chi connectivity index (χ0n) is 16.4. The van der Waals surface area contributed by atoms with Gasteiger partial charge in [-0.05, 0) is 25.3 Å². The third-order valence-corrected chi connectivity index (χ3v) is 4.72. The summed E-state index contributed by atoms with van der Waals surface area (Å²) in [5, 5.41) is 9.13. The minimum Gasteiger partial charge on any atom is -0.337 e. The molecule has 0 spiro atoms. The van der Waals surface area contributed by atoms with Gasteiger partial charge in [-0.25, -0.2) is 4.79 Å². The van der Waals surface area contributed by atoms with Crippen LogP contribution < -0.4 is 5.32 Å². The predicted molar refractivity (Wildman–Crippen MR) is 113 cm³/mol. The fourth-order valence-electron chi connectivity index (χ4n) is 3.18. The second-order valence-corrected chi connectivity index (χ2v) is 7.06. The fourth-order valence-corrected chi connectivity index (χ4v) is 3.18. The quantitative estimate of drug-likeness (QED) is 0.503. The van der Waals surface area contributed by atoms with E-state index in [1.54, 1.807) is 4.90 Å². The summed E-state index contributed by atoms with van der Waals surface area (Å²) in [6, 6.07) is 23.2. The zero-order valence-corrected chi connectivity index (χ0v) is 16.4. The molecule has 146 valence electrons. The molecule has 0 saturated carbocycles. The van der Waals surface area contributed by atoms with E-state index in [0.717, 1.165) is 22.0 Å². The average molecular weight is 386 g/mol. The highest BCUT2D eigenvalue weighted by Crippen LogP contribution is 2.24. The van der Waals surface area contributed by atoms with Crippen molar-refractivity contribution in [1.29, 1.82) is 0 Å². The second kappa shape index (κ2) is 8.14. The molecule has 4 rings (SSSR count). The summed E-state index contributed by atoms with van der Waals surface area (Å²) in [6.45, 7) is 4.14. The Labute approximate surface area is 169 Å². The number of nitrogens with one attached hydrogen (secondary N) is 1. The average Bonchev–Trinajstić information content (AvgIpc) is 3.21. The molecule has 0 aliphatic rings. The van der Waals surface area contributed by atoms with Gasteiger partial charge in [0.15, 0.2) is 0 Å². The minimum absolute atomic E-state index is 0.0444. The number of anilines is 1. The van der Waals surface area contributed by atoms with Crippen LogP contribution >= 0.6 is 0 Å². The summed E-state index contributed by atoms with van der Waals surface area (Å²) in [5.74, 6) is 0.907. The summed E-state index contributed by atoms with van der Waals surface area (Å²) >= 11 is 0. The Morgan fingerprint density at radius 2 is 1.72 bits per heavy atom.